The Balaban J connectivity index is 2.45. The predicted octanol–water partition coefficient (Wildman–Crippen LogP) is 1.42. The van der Waals surface area contributed by atoms with Crippen LogP contribution in [-0.2, 0) is 14.3 Å². The van der Waals surface area contributed by atoms with Crippen LogP contribution in [0.2, 0.25) is 0 Å². The zero-order valence-electron chi connectivity index (χ0n) is 13.4. The molecule has 0 saturated carbocycles. The molecule has 5 heteroatoms. The van der Waals surface area contributed by atoms with Crippen LogP contribution in [0.4, 0.5) is 0 Å². The Bertz CT molecular complexity index is 284. The fraction of sp³-hybridized carbons (Fsp3) is 0.933. The van der Waals surface area contributed by atoms with E-state index in [9.17, 15) is 4.79 Å². The average molecular weight is 286 g/mol. The Labute approximate surface area is 123 Å². The van der Waals surface area contributed by atoms with Crippen molar-refractivity contribution in [3.8, 4) is 0 Å². The summed E-state index contributed by atoms with van der Waals surface area (Å²) in [5.74, 6) is -0.139. The highest BCUT2D eigenvalue weighted by Gasteiger charge is 2.22. The number of hydrogen-bond donors (Lipinski definition) is 1. The Hall–Kier alpha value is -0.650. The van der Waals surface area contributed by atoms with Gasteiger partial charge in [-0.05, 0) is 26.7 Å². The smallest absolute Gasteiger partial charge is 0.323 e. The minimum Gasteiger partial charge on any atom is -0.465 e. The standard InChI is InChI=1S/C15H30N2O3/c1-5-19-15(18)14(16-12(2)3)7-9-17-8-6-10-20-13(4)11-17/h12-14,16H,5-11H2,1-4H3. The molecule has 0 aromatic heterocycles. The summed E-state index contributed by atoms with van der Waals surface area (Å²) in [6.07, 6.45) is 2.12. The van der Waals surface area contributed by atoms with E-state index in [0.717, 1.165) is 39.1 Å². The van der Waals surface area contributed by atoms with Crippen molar-refractivity contribution >= 4 is 5.97 Å². The molecule has 0 aliphatic carbocycles. The van der Waals surface area contributed by atoms with Crippen molar-refractivity contribution in [3.63, 3.8) is 0 Å². The lowest BCUT2D eigenvalue weighted by Crippen LogP contribution is -2.44. The lowest BCUT2D eigenvalue weighted by atomic mass is 10.1. The van der Waals surface area contributed by atoms with Gasteiger partial charge in [-0.1, -0.05) is 13.8 Å². The number of ether oxygens (including phenoxy) is 2. The second-order valence-electron chi connectivity index (χ2n) is 5.75. The summed E-state index contributed by atoms with van der Waals surface area (Å²) in [4.78, 5) is 14.3. The van der Waals surface area contributed by atoms with E-state index in [1.807, 2.05) is 20.8 Å². The van der Waals surface area contributed by atoms with Gasteiger partial charge in [-0.2, -0.15) is 0 Å². The fourth-order valence-electron chi connectivity index (χ4n) is 2.51. The van der Waals surface area contributed by atoms with E-state index in [-0.39, 0.29) is 24.2 Å². The molecular formula is C15H30N2O3. The Morgan fingerprint density at radius 3 is 2.90 bits per heavy atom. The number of carbonyl (C=O) groups is 1. The molecule has 0 amide bonds. The van der Waals surface area contributed by atoms with Gasteiger partial charge in [-0.3, -0.25) is 4.79 Å². The van der Waals surface area contributed by atoms with Crippen molar-refractivity contribution in [2.24, 2.45) is 0 Å². The van der Waals surface area contributed by atoms with Crippen molar-refractivity contribution in [2.75, 3.05) is 32.8 Å². The SMILES string of the molecule is CCOC(=O)C(CCN1CCCOC(C)C1)NC(C)C. The van der Waals surface area contributed by atoms with E-state index in [1.54, 1.807) is 0 Å². The van der Waals surface area contributed by atoms with Gasteiger partial charge in [0.2, 0.25) is 0 Å². The number of hydrogen-bond acceptors (Lipinski definition) is 5. The van der Waals surface area contributed by atoms with E-state index in [1.165, 1.54) is 0 Å². The predicted molar refractivity (Wildman–Crippen MR) is 79.8 cm³/mol. The summed E-state index contributed by atoms with van der Waals surface area (Å²) < 4.78 is 10.8. The van der Waals surface area contributed by atoms with Gasteiger partial charge < -0.3 is 19.7 Å². The Kier molecular flexibility index (Phi) is 8.11. The molecule has 1 aliphatic heterocycles. The van der Waals surface area contributed by atoms with Crippen LogP contribution in [0.25, 0.3) is 0 Å². The van der Waals surface area contributed by atoms with Gasteiger partial charge in [-0.15, -0.1) is 0 Å². The molecule has 1 rings (SSSR count). The summed E-state index contributed by atoms with van der Waals surface area (Å²) >= 11 is 0. The van der Waals surface area contributed by atoms with Crippen LogP contribution in [0.5, 0.6) is 0 Å². The van der Waals surface area contributed by atoms with Crippen LogP contribution >= 0.6 is 0 Å². The lowest BCUT2D eigenvalue weighted by Gasteiger charge is -2.25. The molecule has 5 nitrogen and oxygen atoms in total. The third-order valence-electron chi connectivity index (χ3n) is 3.38. The first-order chi connectivity index (χ1) is 9.52. The Morgan fingerprint density at radius 2 is 2.25 bits per heavy atom. The molecule has 0 bridgehead atoms. The molecule has 2 unspecified atom stereocenters. The number of nitrogens with zero attached hydrogens (tertiary/aromatic N) is 1. The summed E-state index contributed by atoms with van der Waals surface area (Å²) in [6, 6.07) is 0.0604. The zero-order chi connectivity index (χ0) is 15.0. The minimum atomic E-state index is -0.213. The second kappa shape index (κ2) is 9.32. The molecular weight excluding hydrogens is 256 g/mol. The molecule has 118 valence electrons. The monoisotopic (exact) mass is 286 g/mol. The maximum absolute atomic E-state index is 12.0. The topological polar surface area (TPSA) is 50.8 Å². The van der Waals surface area contributed by atoms with Crippen LogP contribution in [0.15, 0.2) is 0 Å². The van der Waals surface area contributed by atoms with Crippen molar-refractivity contribution in [2.45, 2.75) is 58.7 Å². The first-order valence-electron chi connectivity index (χ1n) is 7.79. The van der Waals surface area contributed by atoms with Crippen molar-refractivity contribution in [1.82, 2.24) is 10.2 Å². The molecule has 2 atom stereocenters. The number of carbonyl (C=O) groups excluding carboxylic acids is 1. The highest BCUT2D eigenvalue weighted by molar-refractivity contribution is 5.75. The molecule has 1 N–H and O–H groups in total. The molecule has 20 heavy (non-hydrogen) atoms. The van der Waals surface area contributed by atoms with Crippen LogP contribution in [0.3, 0.4) is 0 Å². The molecule has 0 spiro atoms. The van der Waals surface area contributed by atoms with E-state index < -0.39 is 0 Å². The molecule has 1 fully saturated rings. The lowest BCUT2D eigenvalue weighted by molar-refractivity contribution is -0.146. The highest BCUT2D eigenvalue weighted by Crippen LogP contribution is 2.08. The minimum absolute atomic E-state index is 0.139. The molecule has 1 saturated heterocycles. The number of nitrogens with one attached hydrogen (secondary N) is 1. The molecule has 0 aromatic carbocycles. The van der Waals surface area contributed by atoms with Crippen LogP contribution in [0.1, 0.15) is 40.5 Å². The third kappa shape index (κ3) is 6.68. The van der Waals surface area contributed by atoms with Crippen molar-refractivity contribution < 1.29 is 14.3 Å². The second-order valence-corrected chi connectivity index (χ2v) is 5.75. The zero-order valence-corrected chi connectivity index (χ0v) is 13.4. The fourth-order valence-corrected chi connectivity index (χ4v) is 2.51. The van der Waals surface area contributed by atoms with Gasteiger partial charge in [0, 0.05) is 32.3 Å². The molecule has 0 aromatic rings. The van der Waals surface area contributed by atoms with Gasteiger partial charge in [0.1, 0.15) is 6.04 Å². The number of esters is 1. The third-order valence-corrected chi connectivity index (χ3v) is 3.38. The normalized spacial score (nSPS) is 22.6. The Morgan fingerprint density at radius 1 is 1.50 bits per heavy atom. The van der Waals surface area contributed by atoms with Crippen LogP contribution in [-0.4, -0.2) is 61.9 Å². The maximum Gasteiger partial charge on any atom is 0.323 e. The van der Waals surface area contributed by atoms with Crippen LogP contribution in [0, 0.1) is 0 Å². The van der Waals surface area contributed by atoms with Crippen molar-refractivity contribution in [1.29, 1.82) is 0 Å². The summed E-state index contributed by atoms with van der Waals surface area (Å²) in [5.41, 5.74) is 0. The van der Waals surface area contributed by atoms with Gasteiger partial charge >= 0.3 is 5.97 Å². The first kappa shape index (κ1) is 17.4. The van der Waals surface area contributed by atoms with Crippen LogP contribution < -0.4 is 5.32 Å². The van der Waals surface area contributed by atoms with Gasteiger partial charge in [0.25, 0.3) is 0 Å². The van der Waals surface area contributed by atoms with E-state index in [2.05, 4.69) is 17.1 Å². The summed E-state index contributed by atoms with van der Waals surface area (Å²) in [5, 5.41) is 3.30. The van der Waals surface area contributed by atoms with Gasteiger partial charge in [0.15, 0.2) is 0 Å². The van der Waals surface area contributed by atoms with Gasteiger partial charge in [-0.25, -0.2) is 0 Å². The summed E-state index contributed by atoms with van der Waals surface area (Å²) in [6.45, 7) is 12.2. The average Bonchev–Trinajstić information content (AvgIpc) is 2.58. The molecule has 0 radical (unpaired) electrons. The van der Waals surface area contributed by atoms with Crippen molar-refractivity contribution in [3.05, 3.63) is 0 Å². The summed E-state index contributed by atoms with van der Waals surface area (Å²) in [7, 11) is 0. The van der Waals surface area contributed by atoms with E-state index in [0.29, 0.717) is 6.61 Å². The van der Waals surface area contributed by atoms with E-state index >= 15 is 0 Å². The number of rotatable bonds is 7. The molecule has 1 aliphatic rings. The maximum atomic E-state index is 12.0. The van der Waals surface area contributed by atoms with Gasteiger partial charge in [0.05, 0.1) is 12.7 Å². The largest absolute Gasteiger partial charge is 0.465 e. The molecule has 1 heterocycles. The highest BCUT2D eigenvalue weighted by atomic mass is 16.5. The first-order valence-corrected chi connectivity index (χ1v) is 7.79. The quantitative estimate of drug-likeness (QED) is 0.717. The van der Waals surface area contributed by atoms with E-state index in [4.69, 9.17) is 9.47 Å².